The van der Waals surface area contributed by atoms with E-state index in [0.29, 0.717) is 11.6 Å². The molecule has 124 valence electrons. The lowest BCUT2D eigenvalue weighted by molar-refractivity contribution is 0.246. The number of amides is 2. The molecule has 0 spiro atoms. The fourth-order valence-corrected chi connectivity index (χ4v) is 2.61. The van der Waals surface area contributed by atoms with Gasteiger partial charge in [-0.05, 0) is 44.4 Å². The first kappa shape index (κ1) is 18.5. The number of benzene rings is 1. The van der Waals surface area contributed by atoms with Crippen LogP contribution in [-0.4, -0.2) is 25.7 Å². The predicted octanol–water partition coefficient (Wildman–Crippen LogP) is 3.18. The smallest absolute Gasteiger partial charge is 0.319 e. The Morgan fingerprint density at radius 3 is 2.05 bits per heavy atom. The summed E-state index contributed by atoms with van der Waals surface area (Å²) in [4.78, 5) is 11.8. The van der Waals surface area contributed by atoms with Gasteiger partial charge in [0.15, 0.2) is 9.84 Å². The van der Waals surface area contributed by atoms with Gasteiger partial charge < -0.3 is 10.6 Å². The minimum atomic E-state index is -3.11. The lowest BCUT2D eigenvalue weighted by Crippen LogP contribution is -2.38. The van der Waals surface area contributed by atoms with E-state index in [0.717, 1.165) is 5.56 Å². The Kier molecular flexibility index (Phi) is 6.41. The molecule has 0 aliphatic rings. The minimum Gasteiger partial charge on any atom is -0.335 e. The second kappa shape index (κ2) is 7.63. The molecular weight excluding hydrogens is 300 g/mol. The number of nitrogens with one attached hydrogen (secondary N) is 2. The molecule has 6 heteroatoms. The van der Waals surface area contributed by atoms with Crippen LogP contribution in [0, 0.1) is 5.92 Å². The van der Waals surface area contributed by atoms with Crippen molar-refractivity contribution in [2.45, 2.75) is 51.7 Å². The van der Waals surface area contributed by atoms with E-state index < -0.39 is 15.1 Å². The van der Waals surface area contributed by atoms with Crippen molar-refractivity contribution in [3.05, 3.63) is 29.8 Å². The number of anilines is 1. The zero-order valence-electron chi connectivity index (χ0n) is 13.9. The maximum absolute atomic E-state index is 11.9. The van der Waals surface area contributed by atoms with E-state index in [-0.39, 0.29) is 17.8 Å². The zero-order valence-corrected chi connectivity index (χ0v) is 14.7. The van der Waals surface area contributed by atoms with Gasteiger partial charge in [-0.1, -0.05) is 26.0 Å². The Morgan fingerprint density at radius 1 is 1.05 bits per heavy atom. The van der Waals surface area contributed by atoms with Crippen LogP contribution in [0.5, 0.6) is 0 Å². The summed E-state index contributed by atoms with van der Waals surface area (Å²) in [6.07, 6.45) is 0. The molecule has 0 aliphatic carbocycles. The molecular formula is C16H26N2O3S. The molecule has 1 rings (SSSR count). The van der Waals surface area contributed by atoms with Gasteiger partial charge in [0.05, 0.1) is 11.0 Å². The summed E-state index contributed by atoms with van der Waals surface area (Å²) < 4.78 is 23.7. The second-order valence-electron chi connectivity index (χ2n) is 6.18. The highest BCUT2D eigenvalue weighted by Crippen LogP contribution is 2.14. The van der Waals surface area contributed by atoms with Gasteiger partial charge in [-0.15, -0.1) is 0 Å². The molecule has 0 saturated carbocycles. The number of hydrogen-bond donors (Lipinski definition) is 2. The first-order valence-corrected chi connectivity index (χ1v) is 9.21. The number of urea groups is 1. The quantitative estimate of drug-likeness (QED) is 0.843. The minimum absolute atomic E-state index is 0.0154. The lowest BCUT2D eigenvalue weighted by atomic mass is 10.1. The topological polar surface area (TPSA) is 75.3 Å². The van der Waals surface area contributed by atoms with Crippen LogP contribution in [0.15, 0.2) is 24.3 Å². The molecule has 22 heavy (non-hydrogen) atoms. The van der Waals surface area contributed by atoms with Gasteiger partial charge in [-0.3, -0.25) is 0 Å². The standard InChI is InChI=1S/C16H26N2O3S/c1-11(2)13(5)17-16(19)18-15-8-6-14(7-9-15)10-22(20,21)12(3)4/h6-9,11-13H,10H2,1-5H3,(H2,17,18,19)/t13-/m1/s1. The third-order valence-electron chi connectivity index (χ3n) is 3.66. The van der Waals surface area contributed by atoms with Gasteiger partial charge in [-0.2, -0.15) is 0 Å². The Balaban J connectivity index is 2.64. The summed E-state index contributed by atoms with van der Waals surface area (Å²) in [5.74, 6) is 0.371. The van der Waals surface area contributed by atoms with E-state index in [1.165, 1.54) is 0 Å². The van der Waals surface area contributed by atoms with Crippen LogP contribution in [0.25, 0.3) is 0 Å². The SMILES string of the molecule is CC(C)[C@@H](C)NC(=O)Nc1ccc(CS(=O)(=O)C(C)C)cc1. The molecule has 2 amide bonds. The van der Waals surface area contributed by atoms with Crippen molar-refractivity contribution in [1.82, 2.24) is 5.32 Å². The third-order valence-corrected chi connectivity index (χ3v) is 5.83. The number of rotatable bonds is 6. The molecule has 0 aromatic heterocycles. The molecule has 1 atom stereocenters. The Bertz CT molecular complexity index is 592. The highest BCUT2D eigenvalue weighted by molar-refractivity contribution is 7.91. The molecule has 0 bridgehead atoms. The van der Waals surface area contributed by atoms with Crippen molar-refractivity contribution in [3.8, 4) is 0 Å². The molecule has 0 fully saturated rings. The van der Waals surface area contributed by atoms with E-state index >= 15 is 0 Å². The largest absolute Gasteiger partial charge is 0.335 e. The van der Waals surface area contributed by atoms with Crippen LogP contribution in [-0.2, 0) is 15.6 Å². The van der Waals surface area contributed by atoms with Crippen molar-refractivity contribution < 1.29 is 13.2 Å². The van der Waals surface area contributed by atoms with E-state index in [9.17, 15) is 13.2 Å². The fraction of sp³-hybridized carbons (Fsp3) is 0.562. The highest BCUT2D eigenvalue weighted by atomic mass is 32.2. The molecule has 0 saturated heterocycles. The summed E-state index contributed by atoms with van der Waals surface area (Å²) in [6.45, 7) is 9.37. The van der Waals surface area contributed by atoms with Crippen LogP contribution in [0.3, 0.4) is 0 Å². The molecule has 0 radical (unpaired) electrons. The highest BCUT2D eigenvalue weighted by Gasteiger charge is 2.16. The average molecular weight is 326 g/mol. The molecule has 0 unspecified atom stereocenters. The van der Waals surface area contributed by atoms with Crippen molar-refractivity contribution in [2.24, 2.45) is 5.92 Å². The van der Waals surface area contributed by atoms with Gasteiger partial charge in [-0.25, -0.2) is 13.2 Å². The fourth-order valence-electron chi connectivity index (χ4n) is 1.62. The summed E-state index contributed by atoms with van der Waals surface area (Å²) in [7, 11) is -3.11. The Hall–Kier alpha value is -1.56. The Morgan fingerprint density at radius 2 is 1.59 bits per heavy atom. The third kappa shape index (κ3) is 5.67. The monoisotopic (exact) mass is 326 g/mol. The van der Waals surface area contributed by atoms with Gasteiger partial charge in [0.1, 0.15) is 0 Å². The molecule has 0 aliphatic heterocycles. The summed E-state index contributed by atoms with van der Waals surface area (Å²) in [5.41, 5.74) is 1.36. The lowest BCUT2D eigenvalue weighted by Gasteiger charge is -2.18. The summed E-state index contributed by atoms with van der Waals surface area (Å²) in [6, 6.07) is 6.69. The second-order valence-corrected chi connectivity index (χ2v) is 8.74. The van der Waals surface area contributed by atoms with Crippen LogP contribution < -0.4 is 10.6 Å². The number of sulfone groups is 1. The van der Waals surface area contributed by atoms with Gasteiger partial charge in [0, 0.05) is 11.7 Å². The maximum atomic E-state index is 11.9. The maximum Gasteiger partial charge on any atom is 0.319 e. The molecule has 1 aromatic rings. The summed E-state index contributed by atoms with van der Waals surface area (Å²) in [5, 5.41) is 5.20. The van der Waals surface area contributed by atoms with E-state index in [1.54, 1.807) is 38.1 Å². The molecule has 2 N–H and O–H groups in total. The molecule has 5 nitrogen and oxygen atoms in total. The van der Waals surface area contributed by atoms with Crippen molar-refractivity contribution >= 4 is 21.6 Å². The van der Waals surface area contributed by atoms with Gasteiger partial charge >= 0.3 is 6.03 Å². The van der Waals surface area contributed by atoms with Crippen LogP contribution >= 0.6 is 0 Å². The van der Waals surface area contributed by atoms with Crippen molar-refractivity contribution in [1.29, 1.82) is 0 Å². The first-order valence-electron chi connectivity index (χ1n) is 7.50. The van der Waals surface area contributed by atoms with Gasteiger partial charge in [0.2, 0.25) is 0 Å². The van der Waals surface area contributed by atoms with Crippen LogP contribution in [0.2, 0.25) is 0 Å². The Labute approximate surface area is 133 Å². The molecule has 1 aromatic carbocycles. The predicted molar refractivity (Wildman–Crippen MR) is 90.7 cm³/mol. The average Bonchev–Trinajstić information content (AvgIpc) is 2.40. The summed E-state index contributed by atoms with van der Waals surface area (Å²) >= 11 is 0. The van der Waals surface area contributed by atoms with E-state index in [1.807, 2.05) is 20.8 Å². The number of carbonyl (C=O) groups excluding carboxylic acids is 1. The van der Waals surface area contributed by atoms with Gasteiger partial charge in [0.25, 0.3) is 0 Å². The number of carbonyl (C=O) groups is 1. The normalized spacial score (nSPS) is 13.2. The zero-order chi connectivity index (χ0) is 16.9. The van der Waals surface area contributed by atoms with Crippen LogP contribution in [0.1, 0.15) is 40.2 Å². The van der Waals surface area contributed by atoms with E-state index in [2.05, 4.69) is 10.6 Å². The number of hydrogen-bond acceptors (Lipinski definition) is 3. The van der Waals surface area contributed by atoms with E-state index in [4.69, 9.17) is 0 Å². The van der Waals surface area contributed by atoms with Crippen molar-refractivity contribution in [2.75, 3.05) is 5.32 Å². The first-order chi connectivity index (χ1) is 10.1. The van der Waals surface area contributed by atoms with Crippen LogP contribution in [0.4, 0.5) is 10.5 Å². The van der Waals surface area contributed by atoms with Crippen molar-refractivity contribution in [3.63, 3.8) is 0 Å². The molecule has 0 heterocycles.